The largest absolute Gasteiger partial charge is 0.472 e. The van der Waals surface area contributed by atoms with Crippen LogP contribution in [0.25, 0.3) is 0 Å². The summed E-state index contributed by atoms with van der Waals surface area (Å²) in [7, 11) is 0. The van der Waals surface area contributed by atoms with Crippen molar-refractivity contribution in [3.8, 4) is 5.88 Å². The Hall–Kier alpha value is -2.23. The predicted molar refractivity (Wildman–Crippen MR) is 60.4 cm³/mol. The van der Waals surface area contributed by atoms with E-state index in [1.807, 2.05) is 0 Å². The molecule has 0 atom stereocenters. The molecule has 0 N–H and O–H groups in total. The Kier molecular flexibility index (Phi) is 3.45. The van der Waals surface area contributed by atoms with Crippen LogP contribution in [0.2, 0.25) is 0 Å². The summed E-state index contributed by atoms with van der Waals surface area (Å²) < 4.78 is 18.1. The number of rotatable bonds is 4. The van der Waals surface area contributed by atoms with Crippen molar-refractivity contribution >= 4 is 6.29 Å². The zero-order chi connectivity index (χ0) is 12.1. The molecular formula is C13H10FNO2. The van der Waals surface area contributed by atoms with Gasteiger partial charge in [0.05, 0.1) is 5.56 Å². The van der Waals surface area contributed by atoms with E-state index in [4.69, 9.17) is 4.74 Å². The second-order valence-corrected chi connectivity index (χ2v) is 3.43. The highest BCUT2D eigenvalue weighted by Gasteiger charge is 2.03. The Bertz CT molecular complexity index is 511. The van der Waals surface area contributed by atoms with Crippen LogP contribution in [-0.4, -0.2) is 11.3 Å². The first-order chi connectivity index (χ1) is 8.29. The summed E-state index contributed by atoms with van der Waals surface area (Å²) in [6.45, 7) is 0.248. The molecule has 1 aromatic heterocycles. The lowest BCUT2D eigenvalue weighted by Crippen LogP contribution is -2.00. The predicted octanol–water partition coefficient (Wildman–Crippen LogP) is 2.61. The van der Waals surface area contributed by atoms with Crippen LogP contribution < -0.4 is 4.74 Å². The van der Waals surface area contributed by atoms with Crippen molar-refractivity contribution in [3.63, 3.8) is 0 Å². The van der Waals surface area contributed by atoms with E-state index in [1.165, 1.54) is 12.1 Å². The summed E-state index contributed by atoms with van der Waals surface area (Å²) in [6.07, 6.45) is 2.24. The van der Waals surface area contributed by atoms with Crippen molar-refractivity contribution in [1.82, 2.24) is 4.98 Å². The van der Waals surface area contributed by atoms with Gasteiger partial charge in [0.25, 0.3) is 0 Å². The molecule has 0 spiro atoms. The summed E-state index contributed by atoms with van der Waals surface area (Å²) in [5, 5.41) is 0. The Balaban J connectivity index is 2.07. The Morgan fingerprint density at radius 1 is 1.24 bits per heavy atom. The van der Waals surface area contributed by atoms with Gasteiger partial charge in [-0.1, -0.05) is 12.1 Å². The normalized spacial score (nSPS) is 9.94. The number of halogens is 1. The minimum atomic E-state index is -0.292. The molecule has 2 rings (SSSR count). The monoisotopic (exact) mass is 231 g/mol. The van der Waals surface area contributed by atoms with Crippen LogP contribution in [0.15, 0.2) is 42.6 Å². The van der Waals surface area contributed by atoms with E-state index in [9.17, 15) is 9.18 Å². The summed E-state index contributed by atoms with van der Waals surface area (Å²) >= 11 is 0. The Labute approximate surface area is 97.9 Å². The Morgan fingerprint density at radius 3 is 2.71 bits per heavy atom. The second kappa shape index (κ2) is 5.21. The molecule has 0 saturated heterocycles. The molecule has 1 heterocycles. The fourth-order valence-corrected chi connectivity index (χ4v) is 1.35. The summed E-state index contributed by atoms with van der Waals surface area (Å²) in [4.78, 5) is 14.7. The molecule has 1 aromatic carbocycles. The lowest BCUT2D eigenvalue weighted by molar-refractivity contribution is 0.111. The van der Waals surface area contributed by atoms with Gasteiger partial charge in [0, 0.05) is 6.20 Å². The van der Waals surface area contributed by atoms with Gasteiger partial charge in [0.2, 0.25) is 5.88 Å². The van der Waals surface area contributed by atoms with Crippen molar-refractivity contribution in [2.24, 2.45) is 0 Å². The highest BCUT2D eigenvalue weighted by Crippen LogP contribution is 2.14. The number of nitrogens with zero attached hydrogens (tertiary/aromatic N) is 1. The second-order valence-electron chi connectivity index (χ2n) is 3.43. The van der Waals surface area contributed by atoms with Crippen LogP contribution >= 0.6 is 0 Å². The van der Waals surface area contributed by atoms with E-state index in [-0.39, 0.29) is 18.3 Å². The third kappa shape index (κ3) is 2.87. The molecule has 0 radical (unpaired) electrons. The van der Waals surface area contributed by atoms with Crippen LogP contribution in [0.5, 0.6) is 5.88 Å². The fraction of sp³-hybridized carbons (Fsp3) is 0.0769. The maximum atomic E-state index is 12.7. The van der Waals surface area contributed by atoms with Gasteiger partial charge in [-0.3, -0.25) is 4.79 Å². The molecule has 0 fully saturated rings. The number of pyridine rings is 1. The van der Waals surface area contributed by atoms with E-state index in [1.54, 1.807) is 30.5 Å². The molecule has 17 heavy (non-hydrogen) atoms. The minimum absolute atomic E-state index is 0.248. The van der Waals surface area contributed by atoms with Gasteiger partial charge < -0.3 is 4.74 Å². The Morgan fingerprint density at radius 2 is 2.00 bits per heavy atom. The van der Waals surface area contributed by atoms with Crippen LogP contribution in [0.3, 0.4) is 0 Å². The van der Waals surface area contributed by atoms with E-state index >= 15 is 0 Å². The lowest BCUT2D eigenvalue weighted by atomic mass is 10.2. The fourth-order valence-electron chi connectivity index (χ4n) is 1.35. The standard InChI is InChI=1S/C13H10FNO2/c14-12-5-3-10(4-6-12)9-17-13-11(8-16)2-1-7-15-13/h1-8H,9H2. The first-order valence-corrected chi connectivity index (χ1v) is 5.07. The summed E-state index contributed by atoms with van der Waals surface area (Å²) in [5.74, 6) is -0.00742. The minimum Gasteiger partial charge on any atom is -0.472 e. The van der Waals surface area contributed by atoms with Gasteiger partial charge in [-0.25, -0.2) is 9.37 Å². The number of aromatic nitrogens is 1. The van der Waals surface area contributed by atoms with E-state index < -0.39 is 0 Å². The molecule has 0 aliphatic rings. The average Bonchev–Trinajstić information content (AvgIpc) is 2.38. The van der Waals surface area contributed by atoms with Gasteiger partial charge in [0.1, 0.15) is 12.4 Å². The quantitative estimate of drug-likeness (QED) is 0.759. The number of aldehydes is 1. The molecule has 86 valence electrons. The molecule has 0 amide bonds. The SMILES string of the molecule is O=Cc1cccnc1OCc1ccc(F)cc1. The molecule has 0 unspecified atom stereocenters. The molecule has 0 aliphatic heterocycles. The highest BCUT2D eigenvalue weighted by atomic mass is 19.1. The number of hydrogen-bond donors (Lipinski definition) is 0. The smallest absolute Gasteiger partial charge is 0.224 e. The number of carbonyl (C=O) groups is 1. The molecule has 2 aromatic rings. The topological polar surface area (TPSA) is 39.2 Å². The molecule has 0 saturated carbocycles. The van der Waals surface area contributed by atoms with Crippen LogP contribution in [-0.2, 0) is 6.61 Å². The van der Waals surface area contributed by atoms with Crippen molar-refractivity contribution in [3.05, 3.63) is 59.5 Å². The van der Waals surface area contributed by atoms with Crippen LogP contribution in [0, 0.1) is 5.82 Å². The van der Waals surface area contributed by atoms with Crippen LogP contribution in [0.4, 0.5) is 4.39 Å². The van der Waals surface area contributed by atoms with Gasteiger partial charge >= 0.3 is 0 Å². The third-order valence-electron chi connectivity index (χ3n) is 2.22. The summed E-state index contributed by atoms with van der Waals surface area (Å²) in [6, 6.07) is 9.25. The molecular weight excluding hydrogens is 221 g/mol. The van der Waals surface area contributed by atoms with Crippen molar-refractivity contribution in [2.75, 3.05) is 0 Å². The molecule has 0 bridgehead atoms. The highest BCUT2D eigenvalue weighted by molar-refractivity contribution is 5.77. The zero-order valence-corrected chi connectivity index (χ0v) is 8.97. The maximum absolute atomic E-state index is 12.7. The van der Waals surface area contributed by atoms with Crippen LogP contribution in [0.1, 0.15) is 15.9 Å². The first-order valence-electron chi connectivity index (χ1n) is 5.07. The van der Waals surface area contributed by atoms with Gasteiger partial charge in [0.15, 0.2) is 6.29 Å². The number of hydrogen-bond acceptors (Lipinski definition) is 3. The molecule has 3 nitrogen and oxygen atoms in total. The molecule has 4 heteroatoms. The van der Waals surface area contributed by atoms with E-state index in [0.717, 1.165) is 5.56 Å². The van der Waals surface area contributed by atoms with E-state index in [2.05, 4.69) is 4.98 Å². The van der Waals surface area contributed by atoms with Gasteiger partial charge in [-0.15, -0.1) is 0 Å². The van der Waals surface area contributed by atoms with Crippen molar-refractivity contribution in [2.45, 2.75) is 6.61 Å². The number of ether oxygens (including phenoxy) is 1. The third-order valence-corrected chi connectivity index (χ3v) is 2.22. The number of benzene rings is 1. The average molecular weight is 231 g/mol. The number of carbonyl (C=O) groups excluding carboxylic acids is 1. The zero-order valence-electron chi connectivity index (χ0n) is 8.97. The van der Waals surface area contributed by atoms with Gasteiger partial charge in [-0.05, 0) is 29.8 Å². The lowest BCUT2D eigenvalue weighted by Gasteiger charge is -2.06. The summed E-state index contributed by atoms with van der Waals surface area (Å²) in [5.41, 5.74) is 1.21. The first kappa shape index (κ1) is 11.3. The maximum Gasteiger partial charge on any atom is 0.224 e. The van der Waals surface area contributed by atoms with Gasteiger partial charge in [-0.2, -0.15) is 0 Å². The van der Waals surface area contributed by atoms with E-state index in [0.29, 0.717) is 11.8 Å². The van der Waals surface area contributed by atoms with Crippen molar-refractivity contribution in [1.29, 1.82) is 0 Å². The van der Waals surface area contributed by atoms with Crippen molar-refractivity contribution < 1.29 is 13.9 Å². The molecule has 0 aliphatic carbocycles.